The van der Waals surface area contributed by atoms with Crippen LogP contribution in [0.2, 0.25) is 0 Å². The molecule has 1 amide bonds. The van der Waals surface area contributed by atoms with Crippen LogP contribution in [0.5, 0.6) is 11.5 Å². The van der Waals surface area contributed by atoms with Crippen molar-refractivity contribution in [2.75, 3.05) is 27.8 Å². The molecule has 0 atom stereocenters. The van der Waals surface area contributed by atoms with E-state index in [1.165, 1.54) is 18.0 Å². The number of amides is 1. The second-order valence-corrected chi connectivity index (χ2v) is 6.24. The summed E-state index contributed by atoms with van der Waals surface area (Å²) >= 11 is 0. The highest BCUT2D eigenvalue weighted by atomic mass is 16.5. The molecule has 0 aliphatic heterocycles. The molecule has 2 rings (SSSR count). The summed E-state index contributed by atoms with van der Waals surface area (Å²) in [6.07, 6.45) is 4.58. The molecule has 1 aromatic carbocycles. The summed E-state index contributed by atoms with van der Waals surface area (Å²) in [5.41, 5.74) is 0.405. The smallest absolute Gasteiger partial charge is 0.261 e. The van der Waals surface area contributed by atoms with Crippen LogP contribution in [-0.2, 0) is 11.3 Å². The number of carbonyl (C=O) groups is 1. The van der Waals surface area contributed by atoms with E-state index in [1.807, 2.05) is 7.05 Å². The first-order chi connectivity index (χ1) is 12.5. The third-order valence-corrected chi connectivity index (χ3v) is 4.39. The molecule has 1 heterocycles. The van der Waals surface area contributed by atoms with E-state index in [4.69, 9.17) is 9.47 Å². The van der Waals surface area contributed by atoms with Crippen molar-refractivity contribution >= 4 is 16.8 Å². The Morgan fingerprint density at radius 2 is 1.88 bits per heavy atom. The van der Waals surface area contributed by atoms with E-state index in [2.05, 4.69) is 11.9 Å². The van der Waals surface area contributed by atoms with Crippen molar-refractivity contribution in [3.63, 3.8) is 0 Å². The highest BCUT2D eigenvalue weighted by Crippen LogP contribution is 2.29. The Kier molecular flexibility index (Phi) is 7.00. The highest BCUT2D eigenvalue weighted by Gasteiger charge is 2.12. The van der Waals surface area contributed by atoms with Crippen LogP contribution >= 0.6 is 0 Å². The van der Waals surface area contributed by atoms with Crippen LogP contribution in [0.4, 0.5) is 0 Å². The maximum atomic E-state index is 12.7. The molecule has 1 aromatic heterocycles. The Labute approximate surface area is 153 Å². The number of aryl methyl sites for hydroxylation is 1. The molecule has 0 aliphatic carbocycles. The topological polar surface area (TPSA) is 73.7 Å². The van der Waals surface area contributed by atoms with Crippen LogP contribution in [-0.4, -0.2) is 48.2 Å². The number of ether oxygens (including phenoxy) is 2. The Morgan fingerprint density at radius 3 is 2.54 bits per heavy atom. The molecule has 0 fully saturated rings. The van der Waals surface area contributed by atoms with Gasteiger partial charge in [0.15, 0.2) is 11.5 Å². The van der Waals surface area contributed by atoms with E-state index >= 15 is 0 Å². The molecule has 0 bridgehead atoms. The van der Waals surface area contributed by atoms with Gasteiger partial charge in [0.1, 0.15) is 0 Å². The summed E-state index contributed by atoms with van der Waals surface area (Å²) in [5.74, 6) is 1.13. The van der Waals surface area contributed by atoms with Crippen molar-refractivity contribution in [1.82, 2.24) is 14.5 Å². The SMILES string of the molecule is CCCCN(C)C(=O)CCCn1cnc2cc(OC)c(OC)cc2c1=O. The fraction of sp³-hybridized carbons (Fsp3) is 0.526. The largest absolute Gasteiger partial charge is 0.493 e. The second-order valence-electron chi connectivity index (χ2n) is 6.24. The van der Waals surface area contributed by atoms with E-state index in [1.54, 1.807) is 24.1 Å². The second kappa shape index (κ2) is 9.22. The number of rotatable bonds is 9. The van der Waals surface area contributed by atoms with Crippen molar-refractivity contribution in [2.45, 2.75) is 39.2 Å². The third kappa shape index (κ3) is 4.53. The van der Waals surface area contributed by atoms with Gasteiger partial charge in [-0.05, 0) is 18.9 Å². The molecule has 0 spiro atoms. The van der Waals surface area contributed by atoms with Crippen LogP contribution in [0.15, 0.2) is 23.3 Å². The Hall–Kier alpha value is -2.57. The van der Waals surface area contributed by atoms with Crippen molar-refractivity contribution in [3.8, 4) is 11.5 Å². The number of nitrogens with zero attached hydrogens (tertiary/aromatic N) is 3. The van der Waals surface area contributed by atoms with Crippen LogP contribution in [0.1, 0.15) is 32.6 Å². The standard InChI is InChI=1S/C19H27N3O4/c1-5-6-9-21(2)18(23)8-7-10-22-13-20-15-12-17(26-4)16(25-3)11-14(15)19(22)24/h11-13H,5-10H2,1-4H3. The van der Waals surface area contributed by atoms with Crippen LogP contribution in [0.3, 0.4) is 0 Å². The maximum Gasteiger partial charge on any atom is 0.261 e. The average molecular weight is 361 g/mol. The van der Waals surface area contributed by atoms with Crippen molar-refractivity contribution < 1.29 is 14.3 Å². The maximum absolute atomic E-state index is 12.7. The molecular formula is C19H27N3O4. The van der Waals surface area contributed by atoms with Crippen molar-refractivity contribution in [1.29, 1.82) is 0 Å². The van der Waals surface area contributed by atoms with E-state index in [-0.39, 0.29) is 11.5 Å². The summed E-state index contributed by atoms with van der Waals surface area (Å²) in [6.45, 7) is 3.32. The monoisotopic (exact) mass is 361 g/mol. The summed E-state index contributed by atoms with van der Waals surface area (Å²) < 4.78 is 12.0. The van der Waals surface area contributed by atoms with Gasteiger partial charge < -0.3 is 14.4 Å². The summed E-state index contributed by atoms with van der Waals surface area (Å²) in [6, 6.07) is 3.33. The number of hydrogen-bond donors (Lipinski definition) is 0. The van der Waals surface area contributed by atoms with Gasteiger partial charge in [-0.25, -0.2) is 4.98 Å². The van der Waals surface area contributed by atoms with Gasteiger partial charge in [0, 0.05) is 32.6 Å². The van der Waals surface area contributed by atoms with Gasteiger partial charge in [-0.15, -0.1) is 0 Å². The zero-order valence-electron chi connectivity index (χ0n) is 15.9. The van der Waals surface area contributed by atoms with Gasteiger partial charge >= 0.3 is 0 Å². The van der Waals surface area contributed by atoms with Gasteiger partial charge in [-0.1, -0.05) is 13.3 Å². The molecule has 0 saturated heterocycles. The summed E-state index contributed by atoms with van der Waals surface area (Å²) in [7, 11) is 4.89. The molecule has 7 nitrogen and oxygen atoms in total. The van der Waals surface area contributed by atoms with Gasteiger partial charge in [0.05, 0.1) is 31.4 Å². The van der Waals surface area contributed by atoms with Gasteiger partial charge in [0.2, 0.25) is 5.91 Å². The van der Waals surface area contributed by atoms with E-state index < -0.39 is 0 Å². The van der Waals surface area contributed by atoms with E-state index in [9.17, 15) is 9.59 Å². The molecule has 0 radical (unpaired) electrons. The lowest BCUT2D eigenvalue weighted by Gasteiger charge is -2.16. The molecule has 142 valence electrons. The van der Waals surface area contributed by atoms with Crippen LogP contribution in [0.25, 0.3) is 10.9 Å². The fourth-order valence-electron chi connectivity index (χ4n) is 2.76. The Bertz CT molecular complexity index is 816. The minimum Gasteiger partial charge on any atom is -0.493 e. The number of unbranched alkanes of at least 4 members (excludes halogenated alkanes) is 1. The predicted octanol–water partition coefficient (Wildman–Crippen LogP) is 2.45. The quantitative estimate of drug-likeness (QED) is 0.686. The van der Waals surface area contributed by atoms with E-state index in [0.29, 0.717) is 41.8 Å². The molecule has 0 aliphatic rings. The van der Waals surface area contributed by atoms with E-state index in [0.717, 1.165) is 19.4 Å². The lowest BCUT2D eigenvalue weighted by molar-refractivity contribution is -0.130. The molecule has 0 saturated carbocycles. The molecule has 2 aromatic rings. The van der Waals surface area contributed by atoms with Gasteiger partial charge in [-0.3, -0.25) is 14.2 Å². The molecule has 0 unspecified atom stereocenters. The molecule has 7 heteroatoms. The first kappa shape index (κ1) is 19.8. The number of aromatic nitrogens is 2. The predicted molar refractivity (Wildman–Crippen MR) is 101 cm³/mol. The fourth-order valence-corrected chi connectivity index (χ4v) is 2.76. The number of methoxy groups -OCH3 is 2. The number of hydrogen-bond acceptors (Lipinski definition) is 5. The highest BCUT2D eigenvalue weighted by molar-refractivity contribution is 5.81. The Balaban J connectivity index is 2.10. The average Bonchev–Trinajstić information content (AvgIpc) is 2.66. The number of carbonyl (C=O) groups excluding carboxylic acids is 1. The lowest BCUT2D eigenvalue weighted by Crippen LogP contribution is -2.28. The minimum absolute atomic E-state index is 0.103. The summed E-state index contributed by atoms with van der Waals surface area (Å²) in [5, 5.41) is 0.469. The first-order valence-electron chi connectivity index (χ1n) is 8.87. The van der Waals surface area contributed by atoms with Gasteiger partial charge in [0.25, 0.3) is 5.56 Å². The number of benzene rings is 1. The zero-order valence-corrected chi connectivity index (χ0v) is 15.9. The minimum atomic E-state index is -0.150. The summed E-state index contributed by atoms with van der Waals surface area (Å²) in [4.78, 5) is 30.8. The first-order valence-corrected chi connectivity index (χ1v) is 8.87. The van der Waals surface area contributed by atoms with Gasteiger partial charge in [-0.2, -0.15) is 0 Å². The molecule has 26 heavy (non-hydrogen) atoms. The third-order valence-electron chi connectivity index (χ3n) is 4.39. The molecular weight excluding hydrogens is 334 g/mol. The van der Waals surface area contributed by atoms with Crippen molar-refractivity contribution in [3.05, 3.63) is 28.8 Å². The molecule has 0 N–H and O–H groups in total. The lowest BCUT2D eigenvalue weighted by atomic mass is 10.2. The van der Waals surface area contributed by atoms with Crippen molar-refractivity contribution in [2.24, 2.45) is 0 Å². The van der Waals surface area contributed by atoms with Crippen LogP contribution in [0, 0.1) is 0 Å². The normalized spacial score (nSPS) is 10.8. The Morgan fingerprint density at radius 1 is 1.19 bits per heavy atom. The van der Waals surface area contributed by atoms with Crippen LogP contribution < -0.4 is 15.0 Å². The number of fused-ring (bicyclic) bond motifs is 1. The zero-order chi connectivity index (χ0) is 19.1.